The molecule has 0 saturated carbocycles. The number of esters is 1. The smallest absolute Gasteiger partial charge is 0.323 e. The van der Waals surface area contributed by atoms with E-state index in [1.54, 1.807) is 0 Å². The molecule has 23 heavy (non-hydrogen) atoms. The van der Waals surface area contributed by atoms with Gasteiger partial charge < -0.3 is 9.15 Å². The summed E-state index contributed by atoms with van der Waals surface area (Å²) in [7, 11) is 1.36. The summed E-state index contributed by atoms with van der Waals surface area (Å²) in [6.45, 7) is 0. The number of methoxy groups -OCH3 is 1. The lowest BCUT2D eigenvalue weighted by Crippen LogP contribution is -2.11. The Hall–Kier alpha value is -2.60. The van der Waals surface area contributed by atoms with Crippen molar-refractivity contribution < 1.29 is 13.9 Å². The van der Waals surface area contributed by atoms with Crippen molar-refractivity contribution in [1.29, 1.82) is 0 Å². The molecule has 0 saturated heterocycles. The molecule has 5 nitrogen and oxygen atoms in total. The van der Waals surface area contributed by atoms with Crippen molar-refractivity contribution in [1.82, 2.24) is 10.2 Å². The largest absolute Gasteiger partial charge is 0.468 e. The molecule has 0 radical (unpaired) electrons. The Labute approximate surface area is 137 Å². The molecule has 1 aromatic heterocycles. The summed E-state index contributed by atoms with van der Waals surface area (Å²) in [5, 5.41) is 7.81. The number of ether oxygens (including phenoxy) is 1. The lowest BCUT2D eigenvalue weighted by atomic mass is 10.1. The normalized spacial score (nSPS) is 11.9. The molecule has 1 atom stereocenters. The zero-order valence-corrected chi connectivity index (χ0v) is 13.2. The summed E-state index contributed by atoms with van der Waals surface area (Å²) in [6.07, 6.45) is 0. The summed E-state index contributed by atoms with van der Waals surface area (Å²) < 4.78 is 10.5. The SMILES string of the molecule is COC(=O)C(Sc1nnc(-c2ccccc2)o1)c1ccccc1. The van der Waals surface area contributed by atoms with Crippen molar-refractivity contribution in [3.8, 4) is 11.5 Å². The fourth-order valence-electron chi connectivity index (χ4n) is 2.04. The van der Waals surface area contributed by atoms with Crippen LogP contribution in [0.3, 0.4) is 0 Å². The summed E-state index contributed by atoms with van der Waals surface area (Å²) in [5.74, 6) is 0.0606. The molecule has 0 aliphatic heterocycles. The Bertz CT molecular complexity index is 775. The van der Waals surface area contributed by atoms with E-state index in [0.717, 1.165) is 11.1 Å². The molecule has 0 amide bonds. The average molecular weight is 326 g/mol. The van der Waals surface area contributed by atoms with Gasteiger partial charge in [0, 0.05) is 5.56 Å². The molecule has 3 aromatic rings. The van der Waals surface area contributed by atoms with Gasteiger partial charge in [0.1, 0.15) is 5.25 Å². The molecular weight excluding hydrogens is 312 g/mol. The van der Waals surface area contributed by atoms with E-state index >= 15 is 0 Å². The molecule has 116 valence electrons. The zero-order chi connectivity index (χ0) is 16.1. The zero-order valence-electron chi connectivity index (χ0n) is 12.4. The molecule has 0 bridgehead atoms. The Balaban J connectivity index is 1.84. The number of hydrogen-bond donors (Lipinski definition) is 0. The van der Waals surface area contributed by atoms with Gasteiger partial charge in [-0.25, -0.2) is 0 Å². The van der Waals surface area contributed by atoms with Gasteiger partial charge in [0.25, 0.3) is 5.22 Å². The van der Waals surface area contributed by atoms with Gasteiger partial charge in [-0.2, -0.15) is 0 Å². The van der Waals surface area contributed by atoms with E-state index in [0.29, 0.717) is 11.1 Å². The molecule has 0 spiro atoms. The van der Waals surface area contributed by atoms with Crippen molar-refractivity contribution >= 4 is 17.7 Å². The first-order valence-corrected chi connectivity index (χ1v) is 7.84. The van der Waals surface area contributed by atoms with E-state index in [-0.39, 0.29) is 5.97 Å². The molecule has 0 aliphatic rings. The third-order valence-electron chi connectivity index (χ3n) is 3.16. The van der Waals surface area contributed by atoms with Crippen LogP contribution in [-0.4, -0.2) is 23.3 Å². The Morgan fingerprint density at radius 2 is 1.70 bits per heavy atom. The molecule has 0 fully saturated rings. The predicted octanol–water partition coefficient (Wildman–Crippen LogP) is 3.74. The van der Waals surface area contributed by atoms with Crippen LogP contribution in [0, 0.1) is 0 Å². The molecule has 1 unspecified atom stereocenters. The van der Waals surface area contributed by atoms with Gasteiger partial charge in [-0.1, -0.05) is 48.5 Å². The monoisotopic (exact) mass is 326 g/mol. The first-order chi connectivity index (χ1) is 11.3. The predicted molar refractivity (Wildman–Crippen MR) is 86.8 cm³/mol. The topological polar surface area (TPSA) is 65.2 Å². The van der Waals surface area contributed by atoms with Gasteiger partial charge >= 0.3 is 5.97 Å². The minimum absolute atomic E-state index is 0.322. The third kappa shape index (κ3) is 3.60. The molecule has 2 aromatic carbocycles. The van der Waals surface area contributed by atoms with E-state index in [4.69, 9.17) is 9.15 Å². The number of thioether (sulfide) groups is 1. The van der Waals surface area contributed by atoms with Crippen LogP contribution in [-0.2, 0) is 9.53 Å². The average Bonchev–Trinajstić information content (AvgIpc) is 3.09. The van der Waals surface area contributed by atoms with Crippen LogP contribution < -0.4 is 0 Å². The summed E-state index contributed by atoms with van der Waals surface area (Å²) >= 11 is 1.18. The lowest BCUT2D eigenvalue weighted by molar-refractivity contribution is -0.140. The van der Waals surface area contributed by atoms with Crippen molar-refractivity contribution in [2.45, 2.75) is 10.5 Å². The van der Waals surface area contributed by atoms with Crippen molar-refractivity contribution in [2.24, 2.45) is 0 Å². The van der Waals surface area contributed by atoms with E-state index in [1.165, 1.54) is 18.9 Å². The fraction of sp³-hybridized carbons (Fsp3) is 0.118. The maximum absolute atomic E-state index is 12.1. The van der Waals surface area contributed by atoms with E-state index in [2.05, 4.69) is 10.2 Å². The molecule has 6 heteroatoms. The fourth-order valence-corrected chi connectivity index (χ4v) is 2.95. The van der Waals surface area contributed by atoms with E-state index < -0.39 is 5.25 Å². The van der Waals surface area contributed by atoms with Gasteiger partial charge in [-0.05, 0) is 29.5 Å². The Morgan fingerprint density at radius 1 is 1.04 bits per heavy atom. The van der Waals surface area contributed by atoms with Crippen molar-refractivity contribution in [3.63, 3.8) is 0 Å². The number of hydrogen-bond acceptors (Lipinski definition) is 6. The van der Waals surface area contributed by atoms with Crippen molar-refractivity contribution in [3.05, 3.63) is 66.2 Å². The van der Waals surface area contributed by atoms with E-state index in [9.17, 15) is 4.79 Å². The molecule has 0 aliphatic carbocycles. The quantitative estimate of drug-likeness (QED) is 0.525. The van der Waals surface area contributed by atoms with Crippen LogP contribution in [0.4, 0.5) is 0 Å². The molecule has 1 heterocycles. The summed E-state index contributed by atoms with van der Waals surface area (Å²) in [6, 6.07) is 18.8. The lowest BCUT2D eigenvalue weighted by Gasteiger charge is -2.11. The number of aromatic nitrogens is 2. The van der Waals surface area contributed by atoms with Crippen LogP contribution in [0.15, 0.2) is 70.3 Å². The second kappa shape index (κ2) is 7.11. The minimum atomic E-state index is -0.551. The standard InChI is InChI=1S/C17H14N2O3S/c1-21-16(20)14(12-8-4-2-5-9-12)23-17-19-18-15(22-17)13-10-6-3-7-11-13/h2-11,14H,1H3. The first kappa shape index (κ1) is 15.3. The van der Waals surface area contributed by atoms with Crippen LogP contribution in [0.5, 0.6) is 0 Å². The van der Waals surface area contributed by atoms with Gasteiger partial charge in [-0.15, -0.1) is 10.2 Å². The van der Waals surface area contributed by atoms with Crippen LogP contribution in [0.1, 0.15) is 10.8 Å². The maximum Gasteiger partial charge on any atom is 0.323 e. The Kier molecular flexibility index (Phi) is 4.73. The number of carbonyl (C=O) groups is 1. The number of carbonyl (C=O) groups excluding carboxylic acids is 1. The first-order valence-electron chi connectivity index (χ1n) is 6.96. The highest BCUT2D eigenvalue weighted by atomic mass is 32.2. The van der Waals surface area contributed by atoms with Gasteiger partial charge in [-0.3, -0.25) is 4.79 Å². The summed E-state index contributed by atoms with van der Waals surface area (Å²) in [4.78, 5) is 12.1. The molecular formula is C17H14N2O3S. The highest BCUT2D eigenvalue weighted by molar-refractivity contribution is 8.00. The maximum atomic E-state index is 12.1. The second-order valence-electron chi connectivity index (χ2n) is 4.67. The van der Waals surface area contributed by atoms with Gasteiger partial charge in [0.15, 0.2) is 0 Å². The summed E-state index contributed by atoms with van der Waals surface area (Å²) in [5.41, 5.74) is 1.66. The number of rotatable bonds is 5. The highest BCUT2D eigenvalue weighted by Gasteiger charge is 2.25. The molecule has 3 rings (SSSR count). The minimum Gasteiger partial charge on any atom is -0.468 e. The van der Waals surface area contributed by atoms with Crippen LogP contribution >= 0.6 is 11.8 Å². The van der Waals surface area contributed by atoms with Crippen LogP contribution in [0.25, 0.3) is 11.5 Å². The van der Waals surface area contributed by atoms with Crippen LogP contribution in [0.2, 0.25) is 0 Å². The van der Waals surface area contributed by atoms with Gasteiger partial charge in [0.05, 0.1) is 7.11 Å². The van der Waals surface area contributed by atoms with Crippen molar-refractivity contribution in [2.75, 3.05) is 7.11 Å². The highest BCUT2D eigenvalue weighted by Crippen LogP contribution is 2.36. The van der Waals surface area contributed by atoms with E-state index in [1.807, 2.05) is 60.7 Å². The second-order valence-corrected chi connectivity index (χ2v) is 5.73. The Morgan fingerprint density at radius 3 is 2.35 bits per heavy atom. The molecule has 0 N–H and O–H groups in total. The van der Waals surface area contributed by atoms with Gasteiger partial charge in [0.2, 0.25) is 5.89 Å². The third-order valence-corrected chi connectivity index (χ3v) is 4.23. The number of nitrogens with zero attached hydrogens (tertiary/aromatic N) is 2. The number of benzene rings is 2.